The van der Waals surface area contributed by atoms with Crippen LogP contribution in [0.15, 0.2) is 22.2 Å². The summed E-state index contributed by atoms with van der Waals surface area (Å²) >= 11 is 1.84. The predicted molar refractivity (Wildman–Crippen MR) is 54.6 cm³/mol. The molecule has 2 rings (SSSR count). The van der Waals surface area contributed by atoms with Gasteiger partial charge in [-0.25, -0.2) is 0 Å². The zero-order valence-electron chi connectivity index (χ0n) is 7.76. The maximum absolute atomic E-state index is 4.09. The molecule has 0 aromatic rings. The van der Waals surface area contributed by atoms with Gasteiger partial charge in [0.25, 0.3) is 0 Å². The van der Waals surface area contributed by atoms with Crippen molar-refractivity contribution in [3.8, 4) is 0 Å². The molecule has 0 N–H and O–H groups in total. The zero-order chi connectivity index (χ0) is 8.72. The lowest BCUT2D eigenvalue weighted by molar-refractivity contribution is 0.437. The smallest absolute Gasteiger partial charge is 0.0725 e. The van der Waals surface area contributed by atoms with E-state index in [4.69, 9.17) is 0 Å². The van der Waals surface area contributed by atoms with Crippen LogP contribution < -0.4 is 0 Å². The van der Waals surface area contributed by atoms with E-state index in [9.17, 15) is 0 Å². The van der Waals surface area contributed by atoms with Crippen molar-refractivity contribution in [3.05, 3.63) is 22.2 Å². The Morgan fingerprint density at radius 3 is 2.75 bits per heavy atom. The Morgan fingerprint density at radius 2 is 2.25 bits per heavy atom. The van der Waals surface area contributed by atoms with E-state index in [-0.39, 0.29) is 0 Å². The molecule has 2 aliphatic rings. The topological polar surface area (TPSA) is 3.24 Å². The Morgan fingerprint density at radius 1 is 1.58 bits per heavy atom. The van der Waals surface area contributed by atoms with Crippen LogP contribution >= 0.6 is 11.8 Å². The molecule has 0 spiro atoms. The van der Waals surface area contributed by atoms with Gasteiger partial charge in [0.1, 0.15) is 0 Å². The minimum atomic E-state index is 0.789. The SMILES string of the molecule is C=C1SC(C)=C(CC)N1C1CC1. The summed E-state index contributed by atoms with van der Waals surface area (Å²) < 4.78 is 0. The van der Waals surface area contributed by atoms with Crippen molar-refractivity contribution >= 4 is 11.8 Å². The summed E-state index contributed by atoms with van der Waals surface area (Å²) in [7, 11) is 0. The van der Waals surface area contributed by atoms with Crippen LogP contribution in [0.4, 0.5) is 0 Å². The fourth-order valence-corrected chi connectivity index (χ4v) is 2.85. The molecule has 0 saturated heterocycles. The number of rotatable bonds is 2. The molecule has 0 aromatic carbocycles. The van der Waals surface area contributed by atoms with Gasteiger partial charge in [0.05, 0.1) is 5.03 Å². The summed E-state index contributed by atoms with van der Waals surface area (Å²) in [5, 5.41) is 1.24. The van der Waals surface area contributed by atoms with E-state index in [0.29, 0.717) is 0 Å². The molecule has 0 amide bonds. The molecule has 12 heavy (non-hydrogen) atoms. The maximum atomic E-state index is 4.09. The van der Waals surface area contributed by atoms with Crippen LogP contribution in [-0.4, -0.2) is 10.9 Å². The number of allylic oxidation sites excluding steroid dienone is 2. The van der Waals surface area contributed by atoms with Crippen LogP contribution in [0.25, 0.3) is 0 Å². The van der Waals surface area contributed by atoms with Crippen molar-refractivity contribution in [2.75, 3.05) is 0 Å². The Balaban J connectivity index is 2.23. The second kappa shape index (κ2) is 2.84. The highest BCUT2D eigenvalue weighted by Crippen LogP contribution is 2.47. The molecular weight excluding hydrogens is 166 g/mol. The van der Waals surface area contributed by atoms with E-state index in [0.717, 1.165) is 12.5 Å². The first-order valence-electron chi connectivity index (χ1n) is 4.59. The molecule has 1 fully saturated rings. The largest absolute Gasteiger partial charge is 0.336 e. The van der Waals surface area contributed by atoms with Gasteiger partial charge in [0.15, 0.2) is 0 Å². The number of thioether (sulfide) groups is 1. The van der Waals surface area contributed by atoms with Crippen molar-refractivity contribution in [1.82, 2.24) is 4.90 Å². The lowest BCUT2D eigenvalue weighted by atomic mass is 10.3. The lowest BCUT2D eigenvalue weighted by Gasteiger charge is -2.21. The van der Waals surface area contributed by atoms with Crippen LogP contribution in [0.3, 0.4) is 0 Å². The molecular formula is C10H15NS. The highest BCUT2D eigenvalue weighted by molar-refractivity contribution is 8.06. The minimum Gasteiger partial charge on any atom is -0.336 e. The van der Waals surface area contributed by atoms with Crippen LogP contribution in [0, 0.1) is 0 Å². The van der Waals surface area contributed by atoms with Crippen LogP contribution in [0.5, 0.6) is 0 Å². The molecule has 0 unspecified atom stereocenters. The van der Waals surface area contributed by atoms with Crippen molar-refractivity contribution < 1.29 is 0 Å². The highest BCUT2D eigenvalue weighted by Gasteiger charge is 2.35. The van der Waals surface area contributed by atoms with Crippen molar-refractivity contribution in [2.45, 2.75) is 39.2 Å². The maximum Gasteiger partial charge on any atom is 0.0725 e. The van der Waals surface area contributed by atoms with Gasteiger partial charge in [-0.3, -0.25) is 0 Å². The van der Waals surface area contributed by atoms with Crippen molar-refractivity contribution in [1.29, 1.82) is 0 Å². The molecule has 2 heteroatoms. The van der Waals surface area contributed by atoms with Gasteiger partial charge in [0, 0.05) is 16.6 Å². The summed E-state index contributed by atoms with van der Waals surface area (Å²) in [5.41, 5.74) is 1.51. The van der Waals surface area contributed by atoms with Gasteiger partial charge in [-0.15, -0.1) is 0 Å². The van der Waals surface area contributed by atoms with E-state index in [2.05, 4.69) is 25.3 Å². The van der Waals surface area contributed by atoms with Gasteiger partial charge in [-0.05, 0) is 26.2 Å². The summed E-state index contributed by atoms with van der Waals surface area (Å²) in [5.74, 6) is 0. The monoisotopic (exact) mass is 181 g/mol. The van der Waals surface area contributed by atoms with E-state index in [1.54, 1.807) is 0 Å². The zero-order valence-corrected chi connectivity index (χ0v) is 8.58. The third-order valence-corrected chi connectivity index (χ3v) is 3.46. The molecule has 1 heterocycles. The third-order valence-electron chi connectivity index (χ3n) is 2.48. The summed E-state index contributed by atoms with van der Waals surface area (Å²) in [6.45, 7) is 8.53. The number of hydrogen-bond acceptors (Lipinski definition) is 2. The first-order valence-corrected chi connectivity index (χ1v) is 5.41. The van der Waals surface area contributed by atoms with Gasteiger partial charge >= 0.3 is 0 Å². The molecule has 1 aliphatic carbocycles. The third kappa shape index (κ3) is 1.18. The first-order chi connectivity index (χ1) is 5.74. The minimum absolute atomic E-state index is 0.789. The highest BCUT2D eigenvalue weighted by atomic mass is 32.2. The van der Waals surface area contributed by atoms with Gasteiger partial charge in [-0.2, -0.15) is 0 Å². The predicted octanol–water partition coefficient (Wildman–Crippen LogP) is 3.31. The summed E-state index contributed by atoms with van der Waals surface area (Å²) in [6.07, 6.45) is 3.86. The molecule has 1 saturated carbocycles. The first kappa shape index (κ1) is 8.24. The van der Waals surface area contributed by atoms with Gasteiger partial charge in [-0.1, -0.05) is 25.3 Å². The summed E-state index contributed by atoms with van der Waals surface area (Å²) in [6, 6.07) is 0.789. The van der Waals surface area contributed by atoms with E-state index >= 15 is 0 Å². The number of hydrogen-bond donors (Lipinski definition) is 0. The Bertz CT molecular complexity index is 251. The Hall–Kier alpha value is -0.370. The quantitative estimate of drug-likeness (QED) is 0.643. The Labute approximate surface area is 78.5 Å². The standard InChI is InChI=1S/C10H15NS/c1-4-10-7(2)12-8(3)11(10)9-5-6-9/h9H,3-6H2,1-2H3. The average Bonchev–Trinajstić information content (AvgIpc) is 2.78. The molecule has 1 nitrogen and oxygen atoms in total. The van der Waals surface area contributed by atoms with E-state index in [1.807, 2.05) is 11.8 Å². The van der Waals surface area contributed by atoms with E-state index < -0.39 is 0 Å². The molecule has 0 atom stereocenters. The normalized spacial score (nSPS) is 24.2. The molecule has 66 valence electrons. The lowest BCUT2D eigenvalue weighted by Crippen LogP contribution is -2.19. The summed E-state index contributed by atoms with van der Waals surface area (Å²) in [4.78, 5) is 3.90. The van der Waals surface area contributed by atoms with Crippen molar-refractivity contribution in [2.24, 2.45) is 0 Å². The second-order valence-corrected chi connectivity index (χ2v) is 4.74. The number of nitrogens with zero attached hydrogens (tertiary/aromatic N) is 1. The fraction of sp³-hybridized carbons (Fsp3) is 0.600. The molecule has 1 aliphatic heterocycles. The molecule has 0 bridgehead atoms. The average molecular weight is 181 g/mol. The Kier molecular flexibility index (Phi) is 1.95. The van der Waals surface area contributed by atoms with Crippen LogP contribution in [0.2, 0.25) is 0 Å². The van der Waals surface area contributed by atoms with Gasteiger partial charge < -0.3 is 4.90 Å². The molecule has 0 radical (unpaired) electrons. The van der Waals surface area contributed by atoms with Crippen LogP contribution in [0.1, 0.15) is 33.1 Å². The molecule has 0 aromatic heterocycles. The van der Waals surface area contributed by atoms with Crippen molar-refractivity contribution in [3.63, 3.8) is 0 Å². The van der Waals surface area contributed by atoms with Crippen LogP contribution in [-0.2, 0) is 0 Å². The second-order valence-electron chi connectivity index (χ2n) is 3.45. The fourth-order valence-electron chi connectivity index (χ4n) is 1.78. The van der Waals surface area contributed by atoms with E-state index in [1.165, 1.54) is 28.5 Å². The van der Waals surface area contributed by atoms with Gasteiger partial charge in [0.2, 0.25) is 0 Å².